The molecule has 0 saturated heterocycles. The fourth-order valence-corrected chi connectivity index (χ4v) is 0.493. The molecular formula is C11H20O5. The Morgan fingerprint density at radius 2 is 1.94 bits per heavy atom. The molecule has 0 rings (SSSR count). The lowest BCUT2D eigenvalue weighted by Gasteiger charge is -2.01. The second-order valence-corrected chi connectivity index (χ2v) is 2.68. The summed E-state index contributed by atoms with van der Waals surface area (Å²) in [5.74, 6) is -0.616. The van der Waals surface area contributed by atoms with Gasteiger partial charge in [0.25, 0.3) is 0 Å². The van der Waals surface area contributed by atoms with Gasteiger partial charge in [0.05, 0.1) is 19.8 Å². The van der Waals surface area contributed by atoms with Gasteiger partial charge < -0.3 is 19.7 Å². The third-order valence-electron chi connectivity index (χ3n) is 1.16. The second-order valence-electron chi connectivity index (χ2n) is 2.68. The Morgan fingerprint density at radius 3 is 2.31 bits per heavy atom. The number of carbonyl (C=O) groups is 1. The van der Waals surface area contributed by atoms with Crippen molar-refractivity contribution in [2.45, 2.75) is 13.0 Å². The Kier molecular flexibility index (Phi) is 14.9. The molecule has 0 amide bonds. The summed E-state index contributed by atoms with van der Waals surface area (Å²) < 4.78 is 9.21. The molecule has 0 spiro atoms. The maximum atomic E-state index is 10.4. The molecule has 16 heavy (non-hydrogen) atoms. The van der Waals surface area contributed by atoms with Crippen LogP contribution in [0.2, 0.25) is 0 Å². The Morgan fingerprint density at radius 1 is 1.38 bits per heavy atom. The summed E-state index contributed by atoms with van der Waals surface area (Å²) in [6.07, 6.45) is 2.06. The molecule has 0 aliphatic rings. The first kappa shape index (κ1) is 17.2. The van der Waals surface area contributed by atoms with Crippen molar-refractivity contribution < 1.29 is 24.5 Å². The molecule has 0 bridgehead atoms. The number of ether oxygens (including phenoxy) is 2. The van der Waals surface area contributed by atoms with Crippen LogP contribution in [0.15, 0.2) is 25.3 Å². The number of aliphatic hydroxyl groups is 2. The predicted molar refractivity (Wildman–Crippen MR) is 60.9 cm³/mol. The van der Waals surface area contributed by atoms with Crippen LogP contribution in [0.4, 0.5) is 0 Å². The second kappa shape index (κ2) is 13.8. The van der Waals surface area contributed by atoms with E-state index in [2.05, 4.69) is 17.9 Å². The van der Waals surface area contributed by atoms with E-state index in [0.29, 0.717) is 13.2 Å². The van der Waals surface area contributed by atoms with E-state index in [1.165, 1.54) is 13.0 Å². The van der Waals surface area contributed by atoms with Crippen molar-refractivity contribution in [2.75, 3.05) is 26.4 Å². The van der Waals surface area contributed by atoms with Crippen LogP contribution < -0.4 is 0 Å². The first-order valence-electron chi connectivity index (χ1n) is 4.85. The smallest absolute Gasteiger partial charge is 0.334 e. The van der Waals surface area contributed by atoms with Crippen LogP contribution in [0.5, 0.6) is 0 Å². The maximum Gasteiger partial charge on any atom is 0.334 e. The Labute approximate surface area is 96.0 Å². The zero-order valence-electron chi connectivity index (χ0n) is 9.59. The van der Waals surface area contributed by atoms with Crippen molar-refractivity contribution in [2.24, 2.45) is 0 Å². The van der Waals surface area contributed by atoms with Gasteiger partial charge >= 0.3 is 5.97 Å². The predicted octanol–water partition coefficient (Wildman–Crippen LogP) is 0.278. The number of aliphatic hydroxyl groups excluding tert-OH is 2. The summed E-state index contributed by atoms with van der Waals surface area (Å²) in [7, 11) is 0. The molecule has 0 aromatic heterocycles. The molecule has 0 saturated carbocycles. The zero-order valence-corrected chi connectivity index (χ0v) is 9.59. The monoisotopic (exact) mass is 232 g/mol. The first-order valence-corrected chi connectivity index (χ1v) is 4.85. The third-order valence-corrected chi connectivity index (χ3v) is 1.16. The lowest BCUT2D eigenvalue weighted by atomic mass is 10.4. The first-order chi connectivity index (χ1) is 7.59. The molecule has 2 N–H and O–H groups in total. The zero-order chi connectivity index (χ0) is 12.8. The van der Waals surface area contributed by atoms with Crippen molar-refractivity contribution >= 4 is 5.97 Å². The molecule has 0 aliphatic heterocycles. The van der Waals surface area contributed by atoms with Gasteiger partial charge in [-0.3, -0.25) is 0 Å². The van der Waals surface area contributed by atoms with Gasteiger partial charge in [-0.1, -0.05) is 18.7 Å². The van der Waals surface area contributed by atoms with Crippen LogP contribution in [0.25, 0.3) is 0 Å². The highest BCUT2D eigenvalue weighted by Crippen LogP contribution is 1.85. The highest BCUT2D eigenvalue weighted by atomic mass is 16.5. The number of hydrogen-bond acceptors (Lipinski definition) is 5. The van der Waals surface area contributed by atoms with Crippen LogP contribution in [-0.2, 0) is 14.3 Å². The van der Waals surface area contributed by atoms with Gasteiger partial charge in [0, 0.05) is 0 Å². The Hall–Kier alpha value is -1.17. The molecule has 0 radical (unpaired) electrons. The maximum absolute atomic E-state index is 10.4. The minimum absolute atomic E-state index is 0.0911. The van der Waals surface area contributed by atoms with Crippen LogP contribution in [-0.4, -0.2) is 48.7 Å². The van der Waals surface area contributed by atoms with Crippen molar-refractivity contribution in [3.8, 4) is 0 Å². The van der Waals surface area contributed by atoms with Crippen molar-refractivity contribution in [3.05, 3.63) is 25.3 Å². The van der Waals surface area contributed by atoms with Crippen molar-refractivity contribution in [1.82, 2.24) is 0 Å². The molecule has 5 heteroatoms. The normalized spacial score (nSPS) is 10.7. The van der Waals surface area contributed by atoms with Crippen LogP contribution in [0.3, 0.4) is 0 Å². The minimum Gasteiger partial charge on any atom is -0.460 e. The van der Waals surface area contributed by atoms with E-state index in [1.807, 2.05) is 0 Å². The van der Waals surface area contributed by atoms with Gasteiger partial charge in [-0.15, -0.1) is 6.58 Å². The van der Waals surface area contributed by atoms with Crippen molar-refractivity contribution in [1.29, 1.82) is 0 Å². The fraction of sp³-hybridized carbons (Fsp3) is 0.545. The van der Waals surface area contributed by atoms with E-state index >= 15 is 0 Å². The van der Waals surface area contributed by atoms with Gasteiger partial charge in [-0.05, 0) is 6.92 Å². The quantitative estimate of drug-likeness (QED) is 0.374. The lowest BCUT2D eigenvalue weighted by molar-refractivity contribution is -0.151. The average molecular weight is 232 g/mol. The highest BCUT2D eigenvalue weighted by molar-refractivity contribution is 5.73. The van der Waals surface area contributed by atoms with E-state index in [0.717, 1.165) is 0 Å². The Balaban J connectivity index is 0. The standard InChI is InChI=1S/C6H10O3.C5H10O2/c1-3-4-9-6(8)5(2)7;1-2-4-7-5-3-6/h3,5,7H,1,4H2,2H3;2,6H,1,3-5H2. The van der Waals surface area contributed by atoms with Crippen LogP contribution in [0.1, 0.15) is 6.92 Å². The van der Waals surface area contributed by atoms with Crippen LogP contribution in [0, 0.1) is 0 Å². The van der Waals surface area contributed by atoms with E-state index in [9.17, 15) is 4.79 Å². The molecule has 1 atom stereocenters. The fourth-order valence-electron chi connectivity index (χ4n) is 0.493. The van der Waals surface area contributed by atoms with E-state index in [4.69, 9.17) is 14.9 Å². The molecule has 0 heterocycles. The summed E-state index contributed by atoms with van der Waals surface area (Å²) in [4.78, 5) is 10.4. The van der Waals surface area contributed by atoms with Crippen molar-refractivity contribution in [3.63, 3.8) is 0 Å². The van der Waals surface area contributed by atoms with E-state index in [-0.39, 0.29) is 13.2 Å². The average Bonchev–Trinajstić information content (AvgIpc) is 2.27. The molecule has 0 aromatic carbocycles. The summed E-state index contributed by atoms with van der Waals surface area (Å²) in [6.45, 7) is 9.30. The highest BCUT2D eigenvalue weighted by Gasteiger charge is 2.07. The SMILES string of the molecule is C=CCOC(=O)C(C)O.C=CCOCCO. The van der Waals surface area contributed by atoms with Gasteiger partial charge in [0.1, 0.15) is 12.7 Å². The molecule has 0 aromatic rings. The number of carbonyl (C=O) groups excluding carboxylic acids is 1. The lowest BCUT2D eigenvalue weighted by Crippen LogP contribution is -2.19. The molecular weight excluding hydrogens is 212 g/mol. The van der Waals surface area contributed by atoms with Gasteiger partial charge in [-0.2, -0.15) is 0 Å². The summed E-state index contributed by atoms with van der Waals surface area (Å²) >= 11 is 0. The third kappa shape index (κ3) is 15.3. The van der Waals surface area contributed by atoms with Crippen LogP contribution >= 0.6 is 0 Å². The molecule has 5 nitrogen and oxygen atoms in total. The van der Waals surface area contributed by atoms with Gasteiger partial charge in [0.2, 0.25) is 0 Å². The van der Waals surface area contributed by atoms with Gasteiger partial charge in [-0.25, -0.2) is 4.79 Å². The topological polar surface area (TPSA) is 76.0 Å². The van der Waals surface area contributed by atoms with E-state index < -0.39 is 12.1 Å². The number of rotatable bonds is 7. The molecule has 0 fully saturated rings. The largest absolute Gasteiger partial charge is 0.460 e. The molecule has 1 unspecified atom stereocenters. The summed E-state index contributed by atoms with van der Waals surface area (Å²) in [5.41, 5.74) is 0. The number of hydrogen-bond donors (Lipinski definition) is 2. The summed E-state index contributed by atoms with van der Waals surface area (Å²) in [6, 6.07) is 0. The number of esters is 1. The molecule has 94 valence electrons. The van der Waals surface area contributed by atoms with Gasteiger partial charge in [0.15, 0.2) is 0 Å². The minimum atomic E-state index is -1.04. The summed E-state index contributed by atoms with van der Waals surface area (Å²) in [5, 5.41) is 16.7. The Bertz CT molecular complexity index is 189. The molecule has 0 aliphatic carbocycles. The van der Waals surface area contributed by atoms with E-state index in [1.54, 1.807) is 6.08 Å².